The van der Waals surface area contributed by atoms with Gasteiger partial charge in [-0.25, -0.2) is 4.98 Å². The molecule has 0 fully saturated rings. The molecule has 1 aliphatic rings. The number of methoxy groups -OCH3 is 1. The van der Waals surface area contributed by atoms with E-state index in [0.29, 0.717) is 29.4 Å². The summed E-state index contributed by atoms with van der Waals surface area (Å²) >= 11 is 1.47. The van der Waals surface area contributed by atoms with Crippen LogP contribution >= 0.6 is 11.3 Å². The lowest BCUT2D eigenvalue weighted by atomic mass is 10.1. The summed E-state index contributed by atoms with van der Waals surface area (Å²) in [5, 5.41) is 3.39. The summed E-state index contributed by atoms with van der Waals surface area (Å²) < 4.78 is 5.49. The fourth-order valence-electron chi connectivity index (χ4n) is 4.48. The second-order valence-electron chi connectivity index (χ2n) is 8.36. The highest BCUT2D eigenvalue weighted by Crippen LogP contribution is 2.41. The summed E-state index contributed by atoms with van der Waals surface area (Å²) in [5.41, 5.74) is 4.27. The summed E-state index contributed by atoms with van der Waals surface area (Å²) in [5.74, 6) is 1.26. The van der Waals surface area contributed by atoms with Crippen LogP contribution in [0.1, 0.15) is 44.3 Å². The smallest absolute Gasteiger partial charge is 0.276 e. The highest BCUT2D eigenvalue weighted by molar-refractivity contribution is 7.17. The number of hydrogen-bond acceptors (Lipinski definition) is 6. The van der Waals surface area contributed by atoms with Crippen LogP contribution in [0.4, 0.5) is 11.5 Å². The molecule has 5 rings (SSSR count). The van der Waals surface area contributed by atoms with Crippen molar-refractivity contribution in [3.05, 3.63) is 94.5 Å². The lowest BCUT2D eigenvalue weighted by Gasteiger charge is -2.23. The Balaban J connectivity index is 1.43. The van der Waals surface area contributed by atoms with Gasteiger partial charge in [-0.2, -0.15) is 0 Å². The van der Waals surface area contributed by atoms with Gasteiger partial charge in [-0.05, 0) is 49.2 Å². The van der Waals surface area contributed by atoms with E-state index >= 15 is 0 Å². The molecular weight excluding hydrogens is 458 g/mol. The van der Waals surface area contributed by atoms with Crippen molar-refractivity contribution >= 4 is 35.0 Å². The Bertz CT molecular complexity index is 1400. The minimum absolute atomic E-state index is 0.0640. The number of amides is 1. The number of thiophene rings is 1. The van der Waals surface area contributed by atoms with Gasteiger partial charge in [0, 0.05) is 22.5 Å². The van der Waals surface area contributed by atoms with Crippen LogP contribution < -0.4 is 15.0 Å². The fourth-order valence-corrected chi connectivity index (χ4v) is 5.54. The van der Waals surface area contributed by atoms with E-state index in [4.69, 9.17) is 4.74 Å². The van der Waals surface area contributed by atoms with Crippen LogP contribution in [-0.4, -0.2) is 30.8 Å². The molecule has 1 amide bonds. The van der Waals surface area contributed by atoms with Crippen LogP contribution in [0.2, 0.25) is 0 Å². The number of pyridine rings is 1. The third-order valence-corrected chi connectivity index (χ3v) is 7.31. The van der Waals surface area contributed by atoms with Crippen LogP contribution in [0.3, 0.4) is 0 Å². The minimum Gasteiger partial charge on any atom is -0.496 e. The van der Waals surface area contributed by atoms with Crippen molar-refractivity contribution in [3.8, 4) is 16.2 Å². The van der Waals surface area contributed by atoms with Gasteiger partial charge in [0.25, 0.3) is 5.91 Å². The van der Waals surface area contributed by atoms with E-state index in [1.807, 2.05) is 73.7 Å². The van der Waals surface area contributed by atoms with Gasteiger partial charge in [-0.15, -0.1) is 11.3 Å². The van der Waals surface area contributed by atoms with Crippen molar-refractivity contribution in [3.63, 3.8) is 0 Å². The number of nitrogens with one attached hydrogen (secondary N) is 1. The molecule has 3 heterocycles. The van der Waals surface area contributed by atoms with Crippen molar-refractivity contribution in [1.82, 2.24) is 4.98 Å². The molecular formula is C28H25N3O3S. The number of nitrogens with zero attached hydrogens (tertiary/aromatic N) is 2. The van der Waals surface area contributed by atoms with Crippen molar-refractivity contribution in [1.29, 1.82) is 0 Å². The molecule has 4 aromatic rings. The highest BCUT2D eigenvalue weighted by atomic mass is 32.1. The number of anilines is 2. The van der Waals surface area contributed by atoms with Crippen molar-refractivity contribution in [2.45, 2.75) is 19.4 Å². The maximum absolute atomic E-state index is 13.7. The zero-order chi connectivity index (χ0) is 24.4. The number of fused-ring (bicyclic) bond motifs is 3. The summed E-state index contributed by atoms with van der Waals surface area (Å²) in [4.78, 5) is 33.2. The predicted molar refractivity (Wildman–Crippen MR) is 140 cm³/mol. The standard InChI is InChI=1S/C28H25N3O3S/c1-18(21-8-4-6-12-25(21)34-2)29-26-13-7-10-23(30-26)28(33)31-15-14-19-16-20(17-32)35-27(19)22-9-3-5-11-24(22)31/h3-13,16-18H,14-15H2,1-2H3,(H,29,30)/t18-/m0/s1. The number of carbonyl (C=O) groups is 2. The quantitative estimate of drug-likeness (QED) is 0.340. The van der Waals surface area contributed by atoms with Crippen molar-refractivity contribution in [2.75, 3.05) is 23.9 Å². The lowest BCUT2D eigenvalue weighted by molar-refractivity contribution is 0.0982. The van der Waals surface area contributed by atoms with Gasteiger partial charge in [0.2, 0.25) is 0 Å². The molecule has 7 heteroatoms. The van der Waals surface area contributed by atoms with Crippen LogP contribution in [0, 0.1) is 0 Å². The molecule has 1 N–H and O–H groups in total. The molecule has 0 aliphatic carbocycles. The van der Waals surface area contributed by atoms with Gasteiger partial charge in [0.1, 0.15) is 17.3 Å². The fraction of sp³-hybridized carbons (Fsp3) is 0.179. The molecule has 1 aliphatic heterocycles. The third kappa shape index (κ3) is 4.42. The monoisotopic (exact) mass is 483 g/mol. The topological polar surface area (TPSA) is 71.5 Å². The van der Waals surface area contributed by atoms with Gasteiger partial charge in [0.05, 0.1) is 23.7 Å². The Hall–Kier alpha value is -3.97. The second-order valence-corrected chi connectivity index (χ2v) is 9.44. The number of benzene rings is 2. The zero-order valence-electron chi connectivity index (χ0n) is 19.5. The number of hydrogen-bond donors (Lipinski definition) is 1. The van der Waals surface area contributed by atoms with Gasteiger partial charge >= 0.3 is 0 Å². The zero-order valence-corrected chi connectivity index (χ0v) is 20.3. The molecule has 2 aromatic carbocycles. The Morgan fingerprint density at radius 1 is 1.11 bits per heavy atom. The molecule has 35 heavy (non-hydrogen) atoms. The van der Waals surface area contributed by atoms with E-state index < -0.39 is 0 Å². The van der Waals surface area contributed by atoms with Crippen LogP contribution in [0.5, 0.6) is 5.75 Å². The van der Waals surface area contributed by atoms with E-state index in [-0.39, 0.29) is 11.9 Å². The normalized spacial score (nSPS) is 13.3. The summed E-state index contributed by atoms with van der Waals surface area (Å²) in [6.07, 6.45) is 1.56. The van der Waals surface area contributed by atoms with Crippen molar-refractivity contribution < 1.29 is 14.3 Å². The van der Waals surface area contributed by atoms with Crippen LogP contribution in [0.15, 0.2) is 72.8 Å². The van der Waals surface area contributed by atoms with Gasteiger partial charge in [-0.1, -0.05) is 42.5 Å². The molecule has 2 aromatic heterocycles. The molecule has 0 bridgehead atoms. The Morgan fingerprint density at radius 3 is 2.74 bits per heavy atom. The number of para-hydroxylation sites is 2. The molecule has 0 spiro atoms. The largest absolute Gasteiger partial charge is 0.496 e. The Labute approximate surface area is 208 Å². The first kappa shape index (κ1) is 22.8. The number of rotatable bonds is 6. The number of carbonyl (C=O) groups excluding carboxylic acids is 2. The van der Waals surface area contributed by atoms with E-state index in [9.17, 15) is 9.59 Å². The average molecular weight is 484 g/mol. The van der Waals surface area contributed by atoms with E-state index in [2.05, 4.69) is 10.3 Å². The maximum atomic E-state index is 13.7. The highest BCUT2D eigenvalue weighted by Gasteiger charge is 2.27. The van der Waals surface area contributed by atoms with Gasteiger partial charge in [-0.3, -0.25) is 9.59 Å². The molecule has 0 saturated carbocycles. The first-order valence-corrected chi connectivity index (χ1v) is 12.3. The first-order chi connectivity index (χ1) is 17.1. The molecule has 0 radical (unpaired) electrons. The number of ether oxygens (including phenoxy) is 1. The SMILES string of the molecule is COc1ccccc1[C@H](C)Nc1cccc(C(=O)N2CCc3cc(C=O)sc3-c3ccccc32)n1. The van der Waals surface area contributed by atoms with E-state index in [0.717, 1.165) is 39.3 Å². The number of aromatic nitrogens is 1. The van der Waals surface area contributed by atoms with Crippen LogP contribution in [0.25, 0.3) is 10.4 Å². The molecule has 1 atom stereocenters. The average Bonchev–Trinajstić information content (AvgIpc) is 3.25. The maximum Gasteiger partial charge on any atom is 0.276 e. The molecule has 0 unspecified atom stereocenters. The third-order valence-electron chi connectivity index (χ3n) is 6.17. The molecule has 0 saturated heterocycles. The summed E-state index contributed by atoms with van der Waals surface area (Å²) in [7, 11) is 1.65. The lowest BCUT2D eigenvalue weighted by Crippen LogP contribution is -2.33. The van der Waals surface area contributed by atoms with E-state index in [1.54, 1.807) is 18.1 Å². The summed E-state index contributed by atoms with van der Waals surface area (Å²) in [6.45, 7) is 2.54. The Kier molecular flexibility index (Phi) is 6.33. The first-order valence-electron chi connectivity index (χ1n) is 11.4. The van der Waals surface area contributed by atoms with E-state index in [1.165, 1.54) is 11.3 Å². The van der Waals surface area contributed by atoms with Gasteiger partial charge < -0.3 is 15.0 Å². The number of aldehydes is 1. The predicted octanol–water partition coefficient (Wildman–Crippen LogP) is 6.01. The van der Waals surface area contributed by atoms with Gasteiger partial charge in [0.15, 0.2) is 6.29 Å². The van der Waals surface area contributed by atoms with Crippen LogP contribution in [-0.2, 0) is 6.42 Å². The minimum atomic E-state index is -0.156. The summed E-state index contributed by atoms with van der Waals surface area (Å²) in [6, 6.07) is 23.0. The Morgan fingerprint density at radius 2 is 1.91 bits per heavy atom. The molecule has 6 nitrogen and oxygen atoms in total. The molecule has 176 valence electrons. The second kappa shape index (κ2) is 9.72. The van der Waals surface area contributed by atoms with Crippen molar-refractivity contribution in [2.24, 2.45) is 0 Å².